The molecule has 0 aliphatic heterocycles. The summed E-state index contributed by atoms with van der Waals surface area (Å²) in [6.07, 6.45) is 4.60. The van der Waals surface area contributed by atoms with E-state index in [0.717, 1.165) is 24.4 Å². The first-order valence-corrected chi connectivity index (χ1v) is 5.51. The predicted octanol–water partition coefficient (Wildman–Crippen LogP) is 1.91. The van der Waals surface area contributed by atoms with E-state index in [1.54, 1.807) is 6.26 Å². The van der Waals surface area contributed by atoms with E-state index >= 15 is 0 Å². The average Bonchev–Trinajstić information content (AvgIpc) is 2.89. The molecule has 2 aromatic rings. The number of hydrogen-bond acceptors (Lipinski definition) is 3. The molecule has 0 fully saturated rings. The van der Waals surface area contributed by atoms with Gasteiger partial charge in [0, 0.05) is 26.2 Å². The van der Waals surface area contributed by atoms with Crippen LogP contribution in [0.3, 0.4) is 0 Å². The molecule has 0 aliphatic carbocycles. The highest BCUT2D eigenvalue weighted by Gasteiger charge is 2.06. The lowest BCUT2D eigenvalue weighted by Gasteiger charge is -2.09. The minimum absolute atomic E-state index is 0.249. The second-order valence-corrected chi connectivity index (χ2v) is 3.92. The van der Waals surface area contributed by atoms with Crippen LogP contribution in [-0.2, 0) is 13.5 Å². The van der Waals surface area contributed by atoms with E-state index in [9.17, 15) is 0 Å². The number of nitrogens with zero attached hydrogens (tertiary/aromatic N) is 2. The van der Waals surface area contributed by atoms with Gasteiger partial charge in [-0.3, -0.25) is 4.68 Å². The minimum atomic E-state index is 0.249. The van der Waals surface area contributed by atoms with Crippen LogP contribution in [0.25, 0.3) is 0 Å². The fourth-order valence-corrected chi connectivity index (χ4v) is 1.65. The Labute approximate surface area is 95.3 Å². The van der Waals surface area contributed by atoms with Gasteiger partial charge >= 0.3 is 0 Å². The number of furan rings is 1. The van der Waals surface area contributed by atoms with Crippen molar-refractivity contribution < 1.29 is 4.42 Å². The number of aromatic nitrogens is 2. The second-order valence-electron chi connectivity index (χ2n) is 3.92. The summed E-state index contributed by atoms with van der Waals surface area (Å²) in [5, 5.41) is 7.72. The highest BCUT2D eigenvalue weighted by Crippen LogP contribution is 2.11. The van der Waals surface area contributed by atoms with Gasteiger partial charge in [0.05, 0.1) is 18.0 Å². The number of nitrogens with one attached hydrogen (secondary N) is 1. The maximum Gasteiger partial charge on any atom is 0.120 e. The van der Waals surface area contributed by atoms with Crippen molar-refractivity contribution in [2.24, 2.45) is 7.05 Å². The Morgan fingerprint density at radius 2 is 2.38 bits per heavy atom. The van der Waals surface area contributed by atoms with Gasteiger partial charge < -0.3 is 9.73 Å². The first-order valence-electron chi connectivity index (χ1n) is 5.51. The van der Waals surface area contributed by atoms with Gasteiger partial charge in [0.25, 0.3) is 0 Å². The first kappa shape index (κ1) is 11.0. The average molecular weight is 219 g/mol. The number of rotatable bonds is 5. The van der Waals surface area contributed by atoms with Crippen molar-refractivity contribution in [3.05, 3.63) is 42.1 Å². The Kier molecular flexibility index (Phi) is 3.41. The van der Waals surface area contributed by atoms with Gasteiger partial charge in [0.1, 0.15) is 5.76 Å². The lowest BCUT2D eigenvalue weighted by Crippen LogP contribution is -2.21. The third-order valence-electron chi connectivity index (χ3n) is 2.57. The lowest BCUT2D eigenvalue weighted by molar-refractivity contribution is 0.432. The van der Waals surface area contributed by atoms with Crippen LogP contribution in [0, 0.1) is 0 Å². The van der Waals surface area contributed by atoms with Gasteiger partial charge in [-0.2, -0.15) is 5.10 Å². The van der Waals surface area contributed by atoms with Crippen LogP contribution in [0.4, 0.5) is 0 Å². The summed E-state index contributed by atoms with van der Waals surface area (Å²) in [6, 6.07) is 6.18. The maximum atomic E-state index is 5.32. The molecule has 0 saturated heterocycles. The van der Waals surface area contributed by atoms with Crippen molar-refractivity contribution in [1.82, 2.24) is 15.1 Å². The molecule has 16 heavy (non-hydrogen) atoms. The maximum absolute atomic E-state index is 5.32. The van der Waals surface area contributed by atoms with E-state index in [1.807, 2.05) is 36.1 Å². The zero-order chi connectivity index (χ0) is 11.4. The van der Waals surface area contributed by atoms with Crippen molar-refractivity contribution >= 4 is 0 Å². The Morgan fingerprint density at radius 3 is 3.00 bits per heavy atom. The molecular weight excluding hydrogens is 202 g/mol. The van der Waals surface area contributed by atoms with Crippen LogP contribution < -0.4 is 5.32 Å². The zero-order valence-electron chi connectivity index (χ0n) is 9.68. The summed E-state index contributed by atoms with van der Waals surface area (Å²) in [7, 11) is 1.93. The molecule has 0 radical (unpaired) electrons. The molecule has 0 bridgehead atoms. The normalized spacial score (nSPS) is 12.9. The molecule has 86 valence electrons. The topological polar surface area (TPSA) is 43.0 Å². The van der Waals surface area contributed by atoms with Crippen LogP contribution in [0.2, 0.25) is 0 Å². The van der Waals surface area contributed by atoms with E-state index in [1.165, 1.54) is 0 Å². The van der Waals surface area contributed by atoms with E-state index in [2.05, 4.69) is 17.3 Å². The van der Waals surface area contributed by atoms with Crippen LogP contribution in [-0.4, -0.2) is 16.3 Å². The Balaban J connectivity index is 1.76. The molecule has 0 saturated carbocycles. The summed E-state index contributed by atoms with van der Waals surface area (Å²) >= 11 is 0. The third kappa shape index (κ3) is 2.73. The minimum Gasteiger partial charge on any atom is -0.468 e. The second kappa shape index (κ2) is 4.99. The largest absolute Gasteiger partial charge is 0.468 e. The predicted molar refractivity (Wildman–Crippen MR) is 62.0 cm³/mol. The fraction of sp³-hybridized carbons (Fsp3) is 0.417. The molecule has 0 amide bonds. The standard InChI is InChI=1S/C12H17N3O/c1-10(12-4-3-9-16-12)13-7-5-11-6-8-15(2)14-11/h3-4,6,8-10,13H,5,7H2,1-2H3. The zero-order valence-corrected chi connectivity index (χ0v) is 9.68. The summed E-state index contributed by atoms with van der Waals surface area (Å²) < 4.78 is 7.14. The summed E-state index contributed by atoms with van der Waals surface area (Å²) in [5.74, 6) is 0.973. The SMILES string of the molecule is CC(NCCc1ccn(C)n1)c1ccco1. The van der Waals surface area contributed by atoms with Crippen LogP contribution in [0.5, 0.6) is 0 Å². The molecule has 4 heteroatoms. The fourth-order valence-electron chi connectivity index (χ4n) is 1.65. The highest BCUT2D eigenvalue weighted by molar-refractivity contribution is 5.03. The van der Waals surface area contributed by atoms with Gasteiger partial charge in [-0.15, -0.1) is 0 Å². The molecule has 1 atom stereocenters. The van der Waals surface area contributed by atoms with Gasteiger partial charge in [-0.1, -0.05) is 0 Å². The van der Waals surface area contributed by atoms with Gasteiger partial charge in [0.2, 0.25) is 0 Å². The van der Waals surface area contributed by atoms with Gasteiger partial charge in [-0.05, 0) is 25.1 Å². The molecule has 2 aromatic heterocycles. The summed E-state index contributed by atoms with van der Waals surface area (Å²) in [5.41, 5.74) is 1.11. The molecule has 2 rings (SSSR count). The van der Waals surface area contributed by atoms with E-state index in [0.29, 0.717) is 0 Å². The molecule has 0 aliphatic rings. The Morgan fingerprint density at radius 1 is 1.50 bits per heavy atom. The van der Waals surface area contributed by atoms with Crippen LogP contribution >= 0.6 is 0 Å². The molecule has 0 aromatic carbocycles. The number of hydrogen-bond donors (Lipinski definition) is 1. The lowest BCUT2D eigenvalue weighted by atomic mass is 10.2. The van der Waals surface area contributed by atoms with Crippen molar-refractivity contribution in [2.75, 3.05) is 6.54 Å². The van der Waals surface area contributed by atoms with Crippen molar-refractivity contribution in [2.45, 2.75) is 19.4 Å². The van der Waals surface area contributed by atoms with Gasteiger partial charge in [0.15, 0.2) is 0 Å². The van der Waals surface area contributed by atoms with Crippen molar-refractivity contribution in [3.8, 4) is 0 Å². The first-order chi connectivity index (χ1) is 7.75. The summed E-state index contributed by atoms with van der Waals surface area (Å²) in [4.78, 5) is 0. The van der Waals surface area contributed by atoms with Crippen LogP contribution in [0.15, 0.2) is 35.1 Å². The molecule has 1 N–H and O–H groups in total. The molecular formula is C12H17N3O. The van der Waals surface area contributed by atoms with Crippen molar-refractivity contribution in [1.29, 1.82) is 0 Å². The Bertz CT molecular complexity index is 419. The monoisotopic (exact) mass is 219 g/mol. The van der Waals surface area contributed by atoms with E-state index in [-0.39, 0.29) is 6.04 Å². The Hall–Kier alpha value is -1.55. The smallest absolute Gasteiger partial charge is 0.120 e. The summed E-state index contributed by atoms with van der Waals surface area (Å²) in [6.45, 7) is 3.00. The highest BCUT2D eigenvalue weighted by atomic mass is 16.3. The molecule has 4 nitrogen and oxygen atoms in total. The van der Waals surface area contributed by atoms with Crippen molar-refractivity contribution in [3.63, 3.8) is 0 Å². The van der Waals surface area contributed by atoms with E-state index in [4.69, 9.17) is 4.42 Å². The molecule has 2 heterocycles. The third-order valence-corrected chi connectivity index (χ3v) is 2.57. The van der Waals surface area contributed by atoms with Crippen LogP contribution in [0.1, 0.15) is 24.4 Å². The number of aryl methyl sites for hydroxylation is 1. The quantitative estimate of drug-likeness (QED) is 0.835. The van der Waals surface area contributed by atoms with Gasteiger partial charge in [-0.25, -0.2) is 0 Å². The molecule has 1 unspecified atom stereocenters. The van der Waals surface area contributed by atoms with E-state index < -0.39 is 0 Å². The molecule has 0 spiro atoms.